The molecule has 0 amide bonds. The number of aromatic nitrogens is 1. The predicted molar refractivity (Wildman–Crippen MR) is 83.2 cm³/mol. The van der Waals surface area contributed by atoms with E-state index in [-0.39, 0.29) is 0 Å². The van der Waals surface area contributed by atoms with E-state index in [4.69, 9.17) is 5.73 Å². The fourth-order valence-electron chi connectivity index (χ4n) is 1.98. The SMILES string of the molecule is Cc1cnc(N(CCN)Cc2ccccc2)c(Br)c1. The van der Waals surface area contributed by atoms with E-state index in [2.05, 4.69) is 44.0 Å². The number of halogens is 1. The second-order valence-electron chi connectivity index (χ2n) is 4.51. The van der Waals surface area contributed by atoms with Crippen molar-refractivity contribution in [3.63, 3.8) is 0 Å². The van der Waals surface area contributed by atoms with Crippen LogP contribution in [0.5, 0.6) is 0 Å². The van der Waals surface area contributed by atoms with Crippen molar-refractivity contribution in [1.82, 2.24) is 4.98 Å². The number of nitrogens with zero attached hydrogens (tertiary/aromatic N) is 2. The third kappa shape index (κ3) is 3.78. The first-order valence-electron chi connectivity index (χ1n) is 6.32. The highest BCUT2D eigenvalue weighted by atomic mass is 79.9. The van der Waals surface area contributed by atoms with Crippen molar-refractivity contribution in [2.45, 2.75) is 13.5 Å². The number of pyridine rings is 1. The fourth-order valence-corrected chi connectivity index (χ4v) is 2.69. The summed E-state index contributed by atoms with van der Waals surface area (Å²) < 4.78 is 1.01. The minimum absolute atomic E-state index is 0.606. The highest BCUT2D eigenvalue weighted by molar-refractivity contribution is 9.10. The molecule has 0 aliphatic heterocycles. The lowest BCUT2D eigenvalue weighted by molar-refractivity contribution is 0.773. The Balaban J connectivity index is 2.24. The number of rotatable bonds is 5. The first-order valence-corrected chi connectivity index (χ1v) is 7.11. The van der Waals surface area contributed by atoms with Crippen LogP contribution in [0.3, 0.4) is 0 Å². The first-order chi connectivity index (χ1) is 9.20. The largest absolute Gasteiger partial charge is 0.350 e. The molecule has 2 aromatic rings. The number of hydrogen-bond donors (Lipinski definition) is 1. The van der Waals surface area contributed by atoms with Gasteiger partial charge < -0.3 is 10.6 Å². The quantitative estimate of drug-likeness (QED) is 0.920. The summed E-state index contributed by atoms with van der Waals surface area (Å²) in [7, 11) is 0. The van der Waals surface area contributed by atoms with Gasteiger partial charge in [-0.25, -0.2) is 4.98 Å². The summed E-state index contributed by atoms with van der Waals surface area (Å²) in [6.45, 7) is 4.23. The van der Waals surface area contributed by atoms with Crippen LogP contribution in [0, 0.1) is 6.92 Å². The van der Waals surface area contributed by atoms with Crippen LogP contribution in [0.2, 0.25) is 0 Å². The topological polar surface area (TPSA) is 42.2 Å². The molecule has 0 radical (unpaired) electrons. The Labute approximate surface area is 122 Å². The van der Waals surface area contributed by atoms with Gasteiger partial charge in [0.25, 0.3) is 0 Å². The van der Waals surface area contributed by atoms with Crippen molar-refractivity contribution in [3.05, 3.63) is 58.2 Å². The molecule has 0 bridgehead atoms. The average Bonchev–Trinajstić information content (AvgIpc) is 2.39. The lowest BCUT2D eigenvalue weighted by atomic mass is 10.2. The van der Waals surface area contributed by atoms with Gasteiger partial charge in [0.15, 0.2) is 0 Å². The Kier molecular flexibility index (Phi) is 4.93. The van der Waals surface area contributed by atoms with E-state index < -0.39 is 0 Å². The number of benzene rings is 1. The summed E-state index contributed by atoms with van der Waals surface area (Å²) in [6.07, 6.45) is 1.88. The minimum Gasteiger partial charge on any atom is -0.350 e. The molecule has 2 rings (SSSR count). The third-order valence-corrected chi connectivity index (χ3v) is 3.46. The smallest absolute Gasteiger partial charge is 0.143 e. The molecule has 0 unspecified atom stereocenters. The van der Waals surface area contributed by atoms with Gasteiger partial charge in [-0.15, -0.1) is 0 Å². The molecule has 0 saturated heterocycles. The summed E-state index contributed by atoms with van der Waals surface area (Å²) >= 11 is 3.59. The van der Waals surface area contributed by atoms with Crippen molar-refractivity contribution in [1.29, 1.82) is 0 Å². The van der Waals surface area contributed by atoms with Crippen LogP contribution in [0.15, 0.2) is 47.1 Å². The molecule has 0 saturated carbocycles. The molecule has 0 spiro atoms. The Morgan fingerprint density at radius 3 is 2.63 bits per heavy atom. The molecule has 0 aliphatic rings. The van der Waals surface area contributed by atoms with E-state index >= 15 is 0 Å². The molecule has 0 fully saturated rings. The summed E-state index contributed by atoms with van der Waals surface area (Å²) in [6, 6.07) is 12.4. The zero-order valence-corrected chi connectivity index (χ0v) is 12.6. The van der Waals surface area contributed by atoms with Crippen LogP contribution in [-0.2, 0) is 6.54 Å². The van der Waals surface area contributed by atoms with Gasteiger partial charge in [0.1, 0.15) is 5.82 Å². The van der Waals surface area contributed by atoms with Gasteiger partial charge in [-0.05, 0) is 40.0 Å². The van der Waals surface area contributed by atoms with Crippen LogP contribution in [-0.4, -0.2) is 18.1 Å². The van der Waals surface area contributed by atoms with E-state index in [1.807, 2.05) is 31.3 Å². The average molecular weight is 320 g/mol. The van der Waals surface area contributed by atoms with Crippen LogP contribution < -0.4 is 10.6 Å². The minimum atomic E-state index is 0.606. The Morgan fingerprint density at radius 2 is 2.00 bits per heavy atom. The van der Waals surface area contributed by atoms with Crippen molar-refractivity contribution in [3.8, 4) is 0 Å². The van der Waals surface area contributed by atoms with Gasteiger partial charge in [0, 0.05) is 25.8 Å². The van der Waals surface area contributed by atoms with E-state index in [9.17, 15) is 0 Å². The van der Waals surface area contributed by atoms with E-state index in [1.54, 1.807) is 0 Å². The fraction of sp³-hybridized carbons (Fsp3) is 0.267. The number of aryl methyl sites for hydroxylation is 1. The Morgan fingerprint density at radius 1 is 1.26 bits per heavy atom. The molecule has 0 aliphatic carbocycles. The van der Waals surface area contributed by atoms with E-state index in [0.717, 1.165) is 28.9 Å². The maximum atomic E-state index is 5.72. The molecule has 4 heteroatoms. The lowest BCUT2D eigenvalue weighted by Crippen LogP contribution is -2.30. The van der Waals surface area contributed by atoms with Crippen LogP contribution >= 0.6 is 15.9 Å². The molecule has 100 valence electrons. The Bertz CT molecular complexity index is 528. The van der Waals surface area contributed by atoms with Crippen LogP contribution in [0.25, 0.3) is 0 Å². The van der Waals surface area contributed by atoms with Gasteiger partial charge in [0.2, 0.25) is 0 Å². The van der Waals surface area contributed by atoms with Gasteiger partial charge >= 0.3 is 0 Å². The zero-order chi connectivity index (χ0) is 13.7. The van der Waals surface area contributed by atoms with Crippen molar-refractivity contribution >= 4 is 21.7 Å². The molecule has 1 heterocycles. The normalized spacial score (nSPS) is 10.5. The molecule has 1 aromatic carbocycles. The van der Waals surface area contributed by atoms with Crippen molar-refractivity contribution in [2.75, 3.05) is 18.0 Å². The highest BCUT2D eigenvalue weighted by Gasteiger charge is 2.11. The highest BCUT2D eigenvalue weighted by Crippen LogP contribution is 2.25. The number of hydrogen-bond acceptors (Lipinski definition) is 3. The summed E-state index contributed by atoms with van der Waals surface area (Å²) in [4.78, 5) is 6.71. The lowest BCUT2D eigenvalue weighted by Gasteiger charge is -2.24. The first kappa shape index (κ1) is 14.0. The van der Waals surface area contributed by atoms with Crippen LogP contribution in [0.4, 0.5) is 5.82 Å². The molecule has 19 heavy (non-hydrogen) atoms. The maximum Gasteiger partial charge on any atom is 0.143 e. The van der Waals surface area contributed by atoms with Crippen LogP contribution in [0.1, 0.15) is 11.1 Å². The van der Waals surface area contributed by atoms with Gasteiger partial charge in [0.05, 0.1) is 4.47 Å². The Hall–Kier alpha value is -1.39. The molecule has 0 atom stereocenters. The van der Waals surface area contributed by atoms with Gasteiger partial charge in [-0.3, -0.25) is 0 Å². The maximum absolute atomic E-state index is 5.72. The second kappa shape index (κ2) is 6.68. The zero-order valence-electron chi connectivity index (χ0n) is 11.0. The third-order valence-electron chi connectivity index (χ3n) is 2.87. The molecular weight excluding hydrogens is 302 g/mol. The molecule has 1 aromatic heterocycles. The second-order valence-corrected chi connectivity index (χ2v) is 5.37. The predicted octanol–water partition coefficient (Wildman–Crippen LogP) is 3.12. The molecule has 3 nitrogen and oxygen atoms in total. The van der Waals surface area contributed by atoms with Crippen molar-refractivity contribution < 1.29 is 0 Å². The monoisotopic (exact) mass is 319 g/mol. The number of anilines is 1. The summed E-state index contributed by atoms with van der Waals surface area (Å²) in [5, 5.41) is 0. The standard InChI is InChI=1S/C15H18BrN3/c1-12-9-14(16)15(18-10-12)19(8-7-17)11-13-5-3-2-4-6-13/h2-6,9-10H,7-8,11,17H2,1H3. The van der Waals surface area contributed by atoms with Crippen molar-refractivity contribution in [2.24, 2.45) is 5.73 Å². The summed E-state index contributed by atoms with van der Waals surface area (Å²) in [5.74, 6) is 0.944. The molecular formula is C15H18BrN3. The molecule has 2 N–H and O–H groups in total. The van der Waals surface area contributed by atoms with Gasteiger partial charge in [-0.2, -0.15) is 0 Å². The van der Waals surface area contributed by atoms with E-state index in [0.29, 0.717) is 6.54 Å². The van der Waals surface area contributed by atoms with Gasteiger partial charge in [-0.1, -0.05) is 30.3 Å². The summed E-state index contributed by atoms with van der Waals surface area (Å²) in [5.41, 5.74) is 8.11. The van der Waals surface area contributed by atoms with E-state index in [1.165, 1.54) is 5.56 Å². The number of nitrogens with two attached hydrogens (primary N) is 1.